The van der Waals surface area contributed by atoms with Crippen molar-refractivity contribution in [2.75, 3.05) is 6.54 Å². The summed E-state index contributed by atoms with van der Waals surface area (Å²) in [6, 6.07) is -0.214. The third-order valence-electron chi connectivity index (χ3n) is 3.32. The summed E-state index contributed by atoms with van der Waals surface area (Å²) in [6.07, 6.45) is 3.97. The maximum absolute atomic E-state index is 12.0. The standard InChI is InChI=1S/C11H21N3O2/c1-8(6-9(13)15)14-10(16)11(7-12)4-2-3-5-11/h8H,2-7,12H2,1H3,(H2,13,15)(H,14,16). The molecule has 5 N–H and O–H groups in total. The zero-order valence-corrected chi connectivity index (χ0v) is 9.79. The topological polar surface area (TPSA) is 98.2 Å². The molecule has 0 heterocycles. The molecule has 1 rings (SSSR count). The van der Waals surface area contributed by atoms with Crippen molar-refractivity contribution in [2.24, 2.45) is 16.9 Å². The maximum Gasteiger partial charge on any atom is 0.227 e. The van der Waals surface area contributed by atoms with Crippen LogP contribution in [0.15, 0.2) is 0 Å². The summed E-state index contributed by atoms with van der Waals surface area (Å²) in [6.45, 7) is 2.16. The van der Waals surface area contributed by atoms with Gasteiger partial charge in [0.2, 0.25) is 11.8 Å². The molecule has 0 bridgehead atoms. The molecule has 1 aliphatic carbocycles. The molecule has 0 saturated heterocycles. The van der Waals surface area contributed by atoms with Gasteiger partial charge in [-0.05, 0) is 19.8 Å². The minimum Gasteiger partial charge on any atom is -0.370 e. The second-order valence-electron chi connectivity index (χ2n) is 4.74. The van der Waals surface area contributed by atoms with Crippen LogP contribution in [0.3, 0.4) is 0 Å². The van der Waals surface area contributed by atoms with Gasteiger partial charge < -0.3 is 16.8 Å². The average molecular weight is 227 g/mol. The molecule has 1 fully saturated rings. The van der Waals surface area contributed by atoms with E-state index in [4.69, 9.17) is 11.5 Å². The van der Waals surface area contributed by atoms with Gasteiger partial charge in [0.15, 0.2) is 0 Å². The van der Waals surface area contributed by atoms with Gasteiger partial charge in [-0.2, -0.15) is 0 Å². The van der Waals surface area contributed by atoms with Crippen molar-refractivity contribution in [3.8, 4) is 0 Å². The molecule has 5 heteroatoms. The molecule has 1 aliphatic rings. The monoisotopic (exact) mass is 227 g/mol. The predicted molar refractivity (Wildman–Crippen MR) is 61.4 cm³/mol. The van der Waals surface area contributed by atoms with E-state index >= 15 is 0 Å². The Hall–Kier alpha value is -1.10. The molecule has 0 aromatic carbocycles. The van der Waals surface area contributed by atoms with E-state index < -0.39 is 11.3 Å². The van der Waals surface area contributed by atoms with E-state index in [9.17, 15) is 9.59 Å². The molecular formula is C11H21N3O2. The van der Waals surface area contributed by atoms with Gasteiger partial charge in [-0.25, -0.2) is 0 Å². The highest BCUT2D eigenvalue weighted by Gasteiger charge is 2.40. The molecule has 0 aromatic rings. The third kappa shape index (κ3) is 2.95. The van der Waals surface area contributed by atoms with Crippen LogP contribution in [0.4, 0.5) is 0 Å². The van der Waals surface area contributed by atoms with Gasteiger partial charge in [-0.15, -0.1) is 0 Å². The fraction of sp³-hybridized carbons (Fsp3) is 0.818. The van der Waals surface area contributed by atoms with Gasteiger partial charge in [-0.1, -0.05) is 12.8 Å². The molecule has 16 heavy (non-hydrogen) atoms. The first kappa shape index (κ1) is 13.0. The second-order valence-corrected chi connectivity index (χ2v) is 4.74. The van der Waals surface area contributed by atoms with Crippen LogP contribution in [0.2, 0.25) is 0 Å². The van der Waals surface area contributed by atoms with Crippen LogP contribution in [-0.2, 0) is 9.59 Å². The molecule has 2 amide bonds. The van der Waals surface area contributed by atoms with Crippen molar-refractivity contribution in [2.45, 2.75) is 45.1 Å². The molecule has 1 unspecified atom stereocenters. The van der Waals surface area contributed by atoms with Crippen LogP contribution in [0.25, 0.3) is 0 Å². The highest BCUT2D eigenvalue weighted by molar-refractivity contribution is 5.84. The highest BCUT2D eigenvalue weighted by Crippen LogP contribution is 2.37. The van der Waals surface area contributed by atoms with E-state index in [0.29, 0.717) is 6.54 Å². The lowest BCUT2D eigenvalue weighted by Gasteiger charge is -2.27. The molecule has 0 aliphatic heterocycles. The largest absolute Gasteiger partial charge is 0.370 e. The van der Waals surface area contributed by atoms with Crippen molar-refractivity contribution < 1.29 is 9.59 Å². The summed E-state index contributed by atoms with van der Waals surface area (Å²) >= 11 is 0. The lowest BCUT2D eigenvalue weighted by molar-refractivity contribution is -0.131. The minimum atomic E-state index is -0.411. The van der Waals surface area contributed by atoms with Gasteiger partial charge in [0.1, 0.15) is 0 Å². The van der Waals surface area contributed by atoms with Gasteiger partial charge in [0, 0.05) is 19.0 Å². The van der Waals surface area contributed by atoms with Crippen LogP contribution < -0.4 is 16.8 Å². The summed E-state index contributed by atoms with van der Waals surface area (Å²) in [5, 5.41) is 2.83. The van der Waals surface area contributed by atoms with Crippen molar-refractivity contribution in [1.82, 2.24) is 5.32 Å². The predicted octanol–water partition coefficient (Wildman–Crippen LogP) is -0.114. The molecule has 5 nitrogen and oxygen atoms in total. The number of hydrogen-bond donors (Lipinski definition) is 3. The Kier molecular flexibility index (Phi) is 4.29. The maximum atomic E-state index is 12.0. The summed E-state index contributed by atoms with van der Waals surface area (Å²) in [5.41, 5.74) is 10.4. The van der Waals surface area contributed by atoms with Gasteiger partial charge in [0.05, 0.1) is 5.41 Å². The number of carbonyl (C=O) groups is 2. The van der Waals surface area contributed by atoms with Gasteiger partial charge >= 0.3 is 0 Å². The molecule has 92 valence electrons. The van der Waals surface area contributed by atoms with Crippen LogP contribution in [-0.4, -0.2) is 24.4 Å². The van der Waals surface area contributed by atoms with Crippen molar-refractivity contribution >= 4 is 11.8 Å². The number of primary amides is 1. The van der Waals surface area contributed by atoms with E-state index in [2.05, 4.69) is 5.32 Å². The Balaban J connectivity index is 2.53. The van der Waals surface area contributed by atoms with Gasteiger partial charge in [-0.3, -0.25) is 9.59 Å². The Morgan fingerprint density at radius 2 is 1.94 bits per heavy atom. The molecule has 0 spiro atoms. The Morgan fingerprint density at radius 1 is 1.38 bits per heavy atom. The van der Waals surface area contributed by atoms with E-state index in [1.54, 1.807) is 6.92 Å². The summed E-state index contributed by atoms with van der Waals surface area (Å²) in [5.74, 6) is -0.428. The van der Waals surface area contributed by atoms with Crippen LogP contribution in [0.1, 0.15) is 39.0 Å². The normalized spacial score (nSPS) is 20.4. The molecule has 0 radical (unpaired) electrons. The molecule has 1 saturated carbocycles. The fourth-order valence-electron chi connectivity index (χ4n) is 2.31. The molecule has 1 atom stereocenters. The van der Waals surface area contributed by atoms with E-state index in [-0.39, 0.29) is 18.4 Å². The Morgan fingerprint density at radius 3 is 2.38 bits per heavy atom. The zero-order chi connectivity index (χ0) is 12.2. The van der Waals surface area contributed by atoms with E-state index in [1.165, 1.54) is 0 Å². The Bertz CT molecular complexity index is 272. The van der Waals surface area contributed by atoms with Crippen molar-refractivity contribution in [3.63, 3.8) is 0 Å². The SMILES string of the molecule is CC(CC(N)=O)NC(=O)C1(CN)CCCC1. The summed E-state index contributed by atoms with van der Waals surface area (Å²) < 4.78 is 0. The van der Waals surface area contributed by atoms with E-state index in [0.717, 1.165) is 25.7 Å². The van der Waals surface area contributed by atoms with Gasteiger partial charge in [0.25, 0.3) is 0 Å². The van der Waals surface area contributed by atoms with Crippen molar-refractivity contribution in [3.05, 3.63) is 0 Å². The Labute approximate surface area is 95.9 Å². The zero-order valence-electron chi connectivity index (χ0n) is 9.79. The molecule has 0 aromatic heterocycles. The first-order valence-electron chi connectivity index (χ1n) is 5.79. The highest BCUT2D eigenvalue weighted by atomic mass is 16.2. The van der Waals surface area contributed by atoms with Crippen LogP contribution in [0, 0.1) is 5.41 Å². The number of hydrogen-bond acceptors (Lipinski definition) is 3. The smallest absolute Gasteiger partial charge is 0.227 e. The number of carbonyl (C=O) groups excluding carboxylic acids is 2. The number of nitrogens with one attached hydrogen (secondary N) is 1. The average Bonchev–Trinajstić information content (AvgIpc) is 2.65. The van der Waals surface area contributed by atoms with Crippen LogP contribution in [0.5, 0.6) is 0 Å². The second kappa shape index (κ2) is 5.30. The minimum absolute atomic E-state index is 0.0266. The summed E-state index contributed by atoms with van der Waals surface area (Å²) in [4.78, 5) is 22.8. The fourth-order valence-corrected chi connectivity index (χ4v) is 2.31. The number of nitrogens with two attached hydrogens (primary N) is 2. The number of amides is 2. The first-order chi connectivity index (χ1) is 7.50. The van der Waals surface area contributed by atoms with Crippen LogP contribution >= 0.6 is 0 Å². The first-order valence-corrected chi connectivity index (χ1v) is 5.79. The van der Waals surface area contributed by atoms with E-state index in [1.807, 2.05) is 0 Å². The number of rotatable bonds is 5. The summed E-state index contributed by atoms with van der Waals surface area (Å²) in [7, 11) is 0. The molecular weight excluding hydrogens is 206 g/mol. The van der Waals surface area contributed by atoms with Crippen molar-refractivity contribution in [1.29, 1.82) is 0 Å². The lowest BCUT2D eigenvalue weighted by Crippen LogP contribution is -2.47. The lowest BCUT2D eigenvalue weighted by atomic mass is 9.85. The quantitative estimate of drug-likeness (QED) is 0.611. The third-order valence-corrected chi connectivity index (χ3v) is 3.32.